The predicted molar refractivity (Wildman–Crippen MR) is 110 cm³/mol. The summed E-state index contributed by atoms with van der Waals surface area (Å²) in [5, 5.41) is 2.92. The number of aryl methyl sites for hydroxylation is 1. The third-order valence-electron chi connectivity index (χ3n) is 5.17. The summed E-state index contributed by atoms with van der Waals surface area (Å²) in [6.45, 7) is 4.82. The average Bonchev–Trinajstić information content (AvgIpc) is 2.66. The van der Waals surface area contributed by atoms with Crippen molar-refractivity contribution in [2.45, 2.75) is 39.0 Å². The zero-order valence-electron chi connectivity index (χ0n) is 16.0. The molecule has 2 aromatic carbocycles. The van der Waals surface area contributed by atoms with Crippen LogP contribution in [0.2, 0.25) is 0 Å². The molecule has 0 fully saturated rings. The number of anilines is 2. The summed E-state index contributed by atoms with van der Waals surface area (Å²) in [6, 6.07) is 13.1. The lowest BCUT2D eigenvalue weighted by Crippen LogP contribution is -2.34. The molecule has 0 bridgehead atoms. The molecule has 0 spiro atoms. The molecule has 1 aliphatic heterocycles. The Labute approximate surface area is 161 Å². The SMILES string of the molecule is CCC(C)c1ccc(NC(=O)c2ccc3c(c2)CCCN3S(C)(=O)=O)cc1. The molecule has 0 radical (unpaired) electrons. The Kier molecular flexibility index (Phi) is 5.56. The predicted octanol–water partition coefficient (Wildman–Crippen LogP) is 4.16. The lowest BCUT2D eigenvalue weighted by atomic mass is 9.98. The fourth-order valence-corrected chi connectivity index (χ4v) is 4.38. The maximum atomic E-state index is 12.6. The molecule has 0 saturated heterocycles. The van der Waals surface area contributed by atoms with Crippen LogP contribution in [0.4, 0.5) is 11.4 Å². The highest BCUT2D eigenvalue weighted by Gasteiger charge is 2.24. The Morgan fingerprint density at radius 2 is 1.89 bits per heavy atom. The first-order chi connectivity index (χ1) is 12.8. The molecule has 1 N–H and O–H groups in total. The van der Waals surface area contributed by atoms with Gasteiger partial charge >= 0.3 is 0 Å². The summed E-state index contributed by atoms with van der Waals surface area (Å²) >= 11 is 0. The number of hydrogen-bond acceptors (Lipinski definition) is 3. The molecule has 27 heavy (non-hydrogen) atoms. The number of rotatable bonds is 5. The van der Waals surface area contributed by atoms with Crippen molar-refractivity contribution in [1.29, 1.82) is 0 Å². The molecule has 1 unspecified atom stereocenters. The van der Waals surface area contributed by atoms with E-state index in [0.29, 0.717) is 23.7 Å². The minimum atomic E-state index is -3.30. The number of sulfonamides is 1. The third kappa shape index (κ3) is 4.33. The Hall–Kier alpha value is -2.34. The van der Waals surface area contributed by atoms with Crippen LogP contribution in [-0.4, -0.2) is 27.1 Å². The molecule has 1 atom stereocenters. The monoisotopic (exact) mass is 386 g/mol. The average molecular weight is 387 g/mol. The first kappa shape index (κ1) is 19.4. The van der Waals surface area contributed by atoms with Gasteiger partial charge in [0.05, 0.1) is 11.9 Å². The molecular weight excluding hydrogens is 360 g/mol. The standard InChI is InChI=1S/C21H26N2O3S/c1-4-15(2)16-7-10-19(11-8-16)22-21(24)18-9-12-20-17(14-18)6-5-13-23(20)27(3,25)26/h7-12,14-15H,4-6,13H2,1-3H3,(H,22,24). The third-order valence-corrected chi connectivity index (χ3v) is 6.35. The highest BCUT2D eigenvalue weighted by Crippen LogP contribution is 2.30. The Balaban J connectivity index is 1.78. The van der Waals surface area contributed by atoms with E-state index in [4.69, 9.17) is 0 Å². The van der Waals surface area contributed by atoms with Crippen LogP contribution < -0.4 is 9.62 Å². The first-order valence-corrected chi connectivity index (χ1v) is 11.2. The van der Waals surface area contributed by atoms with Gasteiger partial charge in [-0.05, 0) is 66.6 Å². The van der Waals surface area contributed by atoms with Crippen LogP contribution in [-0.2, 0) is 16.4 Å². The molecule has 1 aliphatic rings. The molecule has 0 aliphatic carbocycles. The fraction of sp³-hybridized carbons (Fsp3) is 0.381. The van der Waals surface area contributed by atoms with Crippen molar-refractivity contribution in [2.75, 3.05) is 22.4 Å². The van der Waals surface area contributed by atoms with Gasteiger partial charge in [-0.3, -0.25) is 9.10 Å². The van der Waals surface area contributed by atoms with Gasteiger partial charge < -0.3 is 5.32 Å². The summed E-state index contributed by atoms with van der Waals surface area (Å²) in [5.41, 5.74) is 4.12. The fourth-order valence-electron chi connectivity index (χ4n) is 3.38. The quantitative estimate of drug-likeness (QED) is 0.839. The summed E-state index contributed by atoms with van der Waals surface area (Å²) in [5.74, 6) is 0.304. The minimum Gasteiger partial charge on any atom is -0.322 e. The normalized spacial score (nSPS) is 15.1. The highest BCUT2D eigenvalue weighted by molar-refractivity contribution is 7.92. The maximum Gasteiger partial charge on any atom is 0.255 e. The highest BCUT2D eigenvalue weighted by atomic mass is 32.2. The molecule has 1 amide bonds. The van der Waals surface area contributed by atoms with E-state index in [0.717, 1.165) is 30.5 Å². The summed E-state index contributed by atoms with van der Waals surface area (Å²) in [6.07, 6.45) is 3.81. The number of hydrogen-bond donors (Lipinski definition) is 1. The lowest BCUT2D eigenvalue weighted by molar-refractivity contribution is 0.102. The van der Waals surface area contributed by atoms with Crippen molar-refractivity contribution in [1.82, 2.24) is 0 Å². The molecule has 0 saturated carbocycles. The van der Waals surface area contributed by atoms with E-state index in [9.17, 15) is 13.2 Å². The van der Waals surface area contributed by atoms with Crippen molar-refractivity contribution >= 4 is 27.3 Å². The topological polar surface area (TPSA) is 66.5 Å². The Bertz CT molecular complexity index is 936. The number of nitrogens with one attached hydrogen (secondary N) is 1. The van der Waals surface area contributed by atoms with Crippen molar-refractivity contribution in [3.8, 4) is 0 Å². The Morgan fingerprint density at radius 1 is 1.19 bits per heavy atom. The van der Waals surface area contributed by atoms with Gasteiger partial charge in [-0.1, -0.05) is 26.0 Å². The van der Waals surface area contributed by atoms with Crippen LogP contribution in [0.3, 0.4) is 0 Å². The van der Waals surface area contributed by atoms with E-state index >= 15 is 0 Å². The zero-order valence-corrected chi connectivity index (χ0v) is 16.8. The van der Waals surface area contributed by atoms with Crippen LogP contribution in [0.1, 0.15) is 54.1 Å². The van der Waals surface area contributed by atoms with E-state index in [1.165, 1.54) is 16.1 Å². The molecule has 6 heteroatoms. The van der Waals surface area contributed by atoms with Gasteiger partial charge in [-0.2, -0.15) is 0 Å². The van der Waals surface area contributed by atoms with E-state index in [1.807, 2.05) is 24.3 Å². The van der Waals surface area contributed by atoms with Crippen LogP contribution in [0.5, 0.6) is 0 Å². The second-order valence-corrected chi connectivity index (χ2v) is 9.07. The first-order valence-electron chi connectivity index (χ1n) is 9.31. The molecule has 0 aromatic heterocycles. The van der Waals surface area contributed by atoms with Crippen LogP contribution in [0.15, 0.2) is 42.5 Å². The number of carbonyl (C=O) groups excluding carboxylic acids is 1. The van der Waals surface area contributed by atoms with Crippen LogP contribution in [0, 0.1) is 0 Å². The number of fused-ring (bicyclic) bond motifs is 1. The maximum absolute atomic E-state index is 12.6. The van der Waals surface area contributed by atoms with E-state index in [1.54, 1.807) is 18.2 Å². The van der Waals surface area contributed by atoms with Gasteiger partial charge in [0.15, 0.2) is 0 Å². The summed E-state index contributed by atoms with van der Waals surface area (Å²) < 4.78 is 25.3. The zero-order chi connectivity index (χ0) is 19.6. The van der Waals surface area contributed by atoms with E-state index in [-0.39, 0.29) is 5.91 Å². The lowest BCUT2D eigenvalue weighted by Gasteiger charge is -2.29. The van der Waals surface area contributed by atoms with E-state index < -0.39 is 10.0 Å². The van der Waals surface area contributed by atoms with Crippen LogP contribution >= 0.6 is 0 Å². The molecule has 144 valence electrons. The van der Waals surface area contributed by atoms with Crippen molar-refractivity contribution < 1.29 is 13.2 Å². The smallest absolute Gasteiger partial charge is 0.255 e. The number of carbonyl (C=O) groups is 1. The van der Waals surface area contributed by atoms with Gasteiger partial charge in [0.25, 0.3) is 5.91 Å². The van der Waals surface area contributed by atoms with Crippen molar-refractivity contribution in [3.63, 3.8) is 0 Å². The van der Waals surface area contributed by atoms with Crippen molar-refractivity contribution in [2.24, 2.45) is 0 Å². The number of nitrogens with zero attached hydrogens (tertiary/aromatic N) is 1. The largest absolute Gasteiger partial charge is 0.322 e. The summed E-state index contributed by atoms with van der Waals surface area (Å²) in [4.78, 5) is 12.6. The molecular formula is C21H26N2O3S. The van der Waals surface area contributed by atoms with Gasteiger partial charge in [0.2, 0.25) is 10.0 Å². The molecule has 1 heterocycles. The second-order valence-electron chi connectivity index (χ2n) is 7.17. The molecule has 5 nitrogen and oxygen atoms in total. The number of benzene rings is 2. The summed E-state index contributed by atoms with van der Waals surface area (Å²) in [7, 11) is -3.30. The van der Waals surface area contributed by atoms with Crippen LogP contribution in [0.25, 0.3) is 0 Å². The molecule has 2 aromatic rings. The van der Waals surface area contributed by atoms with Gasteiger partial charge in [-0.25, -0.2) is 8.42 Å². The Morgan fingerprint density at radius 3 is 2.52 bits per heavy atom. The van der Waals surface area contributed by atoms with Gasteiger partial charge in [-0.15, -0.1) is 0 Å². The molecule has 3 rings (SSSR count). The minimum absolute atomic E-state index is 0.189. The number of amides is 1. The van der Waals surface area contributed by atoms with E-state index in [2.05, 4.69) is 19.2 Å². The van der Waals surface area contributed by atoms with Crippen molar-refractivity contribution in [3.05, 3.63) is 59.2 Å². The van der Waals surface area contributed by atoms with Gasteiger partial charge in [0, 0.05) is 17.8 Å². The second kappa shape index (κ2) is 7.72. The van der Waals surface area contributed by atoms with Gasteiger partial charge in [0.1, 0.15) is 0 Å².